The molecule has 5 heteroatoms. The number of nitrogens with one attached hydrogen (secondary N) is 1. The predicted molar refractivity (Wildman–Crippen MR) is 75.5 cm³/mol. The molecule has 2 aromatic rings. The van der Waals surface area contributed by atoms with Crippen LogP contribution in [0, 0.1) is 11.6 Å². The standard InChI is InChI=1S/C13H9Br2F2N/c14-10-4-2-1-3-8(10)7-18-13-11(15)5-9(16)6-12(13)17/h1-6,18H,7H2. The molecular weight excluding hydrogens is 368 g/mol. The minimum atomic E-state index is -0.617. The fourth-order valence-corrected chi connectivity index (χ4v) is 2.51. The van der Waals surface area contributed by atoms with E-state index in [0.29, 0.717) is 11.0 Å². The normalized spacial score (nSPS) is 10.4. The Bertz CT molecular complexity index is 550. The van der Waals surface area contributed by atoms with Crippen LogP contribution in [0.25, 0.3) is 0 Å². The molecule has 1 N–H and O–H groups in total. The molecule has 94 valence electrons. The third kappa shape index (κ3) is 3.09. The Kier molecular flexibility index (Phi) is 4.35. The molecule has 0 saturated heterocycles. The van der Waals surface area contributed by atoms with Gasteiger partial charge in [-0.05, 0) is 33.6 Å². The average Bonchev–Trinajstić information content (AvgIpc) is 2.30. The molecule has 0 aliphatic heterocycles. The number of hydrogen-bond acceptors (Lipinski definition) is 1. The van der Waals surface area contributed by atoms with Crippen LogP contribution in [0.4, 0.5) is 14.5 Å². The first-order chi connectivity index (χ1) is 8.58. The topological polar surface area (TPSA) is 12.0 Å². The Morgan fingerprint density at radius 3 is 2.39 bits per heavy atom. The minimum absolute atomic E-state index is 0.257. The third-order valence-electron chi connectivity index (χ3n) is 2.42. The van der Waals surface area contributed by atoms with Crippen molar-refractivity contribution >= 4 is 37.5 Å². The van der Waals surface area contributed by atoms with Crippen molar-refractivity contribution in [2.24, 2.45) is 0 Å². The summed E-state index contributed by atoms with van der Waals surface area (Å²) in [5, 5.41) is 2.95. The van der Waals surface area contributed by atoms with Crippen molar-refractivity contribution in [1.29, 1.82) is 0 Å². The monoisotopic (exact) mass is 375 g/mol. The van der Waals surface area contributed by atoms with Gasteiger partial charge in [0.1, 0.15) is 11.6 Å². The van der Waals surface area contributed by atoms with Gasteiger partial charge in [-0.25, -0.2) is 8.78 Å². The number of hydrogen-bond donors (Lipinski definition) is 1. The summed E-state index contributed by atoms with van der Waals surface area (Å²) in [4.78, 5) is 0. The molecule has 0 amide bonds. The van der Waals surface area contributed by atoms with Crippen LogP contribution in [0.3, 0.4) is 0 Å². The van der Waals surface area contributed by atoms with E-state index in [1.807, 2.05) is 24.3 Å². The molecule has 18 heavy (non-hydrogen) atoms. The maximum Gasteiger partial charge on any atom is 0.150 e. The summed E-state index contributed by atoms with van der Waals surface area (Å²) < 4.78 is 27.8. The van der Waals surface area contributed by atoms with Crippen molar-refractivity contribution in [2.45, 2.75) is 6.54 Å². The molecule has 0 spiro atoms. The number of rotatable bonds is 3. The molecule has 0 fully saturated rings. The molecule has 0 atom stereocenters. The zero-order chi connectivity index (χ0) is 13.1. The summed E-state index contributed by atoms with van der Waals surface area (Å²) in [5.41, 5.74) is 1.25. The molecule has 2 aromatic carbocycles. The number of anilines is 1. The maximum absolute atomic E-state index is 13.6. The lowest BCUT2D eigenvalue weighted by Gasteiger charge is -2.11. The molecule has 1 nitrogen and oxygen atoms in total. The first kappa shape index (κ1) is 13.5. The smallest absolute Gasteiger partial charge is 0.150 e. The third-order valence-corrected chi connectivity index (χ3v) is 3.82. The highest BCUT2D eigenvalue weighted by Gasteiger charge is 2.09. The molecular formula is C13H9Br2F2N. The van der Waals surface area contributed by atoms with Gasteiger partial charge in [-0.3, -0.25) is 0 Å². The van der Waals surface area contributed by atoms with E-state index in [1.165, 1.54) is 6.07 Å². The van der Waals surface area contributed by atoms with Crippen molar-refractivity contribution in [1.82, 2.24) is 0 Å². The summed E-state index contributed by atoms with van der Waals surface area (Å²) in [5.74, 6) is -1.22. The molecule has 0 aromatic heterocycles. The Morgan fingerprint density at radius 1 is 1.00 bits per heavy atom. The molecule has 0 radical (unpaired) electrons. The lowest BCUT2D eigenvalue weighted by molar-refractivity contribution is 0.583. The molecule has 0 saturated carbocycles. The highest BCUT2D eigenvalue weighted by molar-refractivity contribution is 9.10. The van der Waals surface area contributed by atoms with E-state index in [-0.39, 0.29) is 5.69 Å². The van der Waals surface area contributed by atoms with Crippen LogP contribution in [-0.2, 0) is 6.54 Å². The van der Waals surface area contributed by atoms with Crippen LogP contribution in [0.1, 0.15) is 5.56 Å². The van der Waals surface area contributed by atoms with Crippen molar-refractivity contribution in [3.63, 3.8) is 0 Å². The van der Waals surface area contributed by atoms with Crippen molar-refractivity contribution in [3.05, 3.63) is 62.5 Å². The van der Waals surface area contributed by atoms with Gasteiger partial charge in [0.25, 0.3) is 0 Å². The van der Waals surface area contributed by atoms with Crippen molar-refractivity contribution in [3.8, 4) is 0 Å². The second-order valence-electron chi connectivity index (χ2n) is 3.69. The number of benzene rings is 2. The van der Waals surface area contributed by atoms with Gasteiger partial charge in [0, 0.05) is 21.6 Å². The van der Waals surface area contributed by atoms with Crippen LogP contribution < -0.4 is 5.32 Å². The van der Waals surface area contributed by atoms with Crippen LogP contribution in [-0.4, -0.2) is 0 Å². The Hall–Kier alpha value is -0.940. The minimum Gasteiger partial charge on any atom is -0.378 e. The first-order valence-electron chi connectivity index (χ1n) is 5.20. The second-order valence-corrected chi connectivity index (χ2v) is 5.40. The Balaban J connectivity index is 2.19. The summed E-state index contributed by atoms with van der Waals surface area (Å²) in [6.45, 7) is 0.447. The Morgan fingerprint density at radius 2 is 1.72 bits per heavy atom. The van der Waals surface area contributed by atoms with E-state index < -0.39 is 11.6 Å². The quantitative estimate of drug-likeness (QED) is 0.785. The predicted octanol–water partition coefficient (Wildman–Crippen LogP) is 5.10. The van der Waals surface area contributed by atoms with Crippen LogP contribution in [0.5, 0.6) is 0 Å². The van der Waals surface area contributed by atoms with Crippen molar-refractivity contribution in [2.75, 3.05) is 5.32 Å². The van der Waals surface area contributed by atoms with Gasteiger partial charge in [-0.15, -0.1) is 0 Å². The molecule has 0 aliphatic carbocycles. The fraction of sp³-hybridized carbons (Fsp3) is 0.0769. The fourth-order valence-electron chi connectivity index (χ4n) is 1.54. The SMILES string of the molecule is Fc1cc(F)c(NCc2ccccc2Br)c(Br)c1. The number of halogens is 4. The van der Waals surface area contributed by atoms with E-state index in [4.69, 9.17) is 0 Å². The zero-order valence-corrected chi connectivity index (χ0v) is 12.4. The van der Waals surface area contributed by atoms with Gasteiger partial charge >= 0.3 is 0 Å². The summed E-state index contributed by atoms with van der Waals surface area (Å²) in [6, 6.07) is 9.72. The highest BCUT2D eigenvalue weighted by Crippen LogP contribution is 2.28. The Labute approximate surface area is 120 Å². The van der Waals surface area contributed by atoms with E-state index >= 15 is 0 Å². The van der Waals surface area contributed by atoms with Crippen LogP contribution in [0.15, 0.2) is 45.3 Å². The molecule has 2 rings (SSSR count). The summed E-state index contributed by atoms with van der Waals surface area (Å²) >= 11 is 6.55. The van der Waals surface area contributed by atoms with Gasteiger partial charge in [0.05, 0.1) is 5.69 Å². The van der Waals surface area contributed by atoms with Crippen LogP contribution >= 0.6 is 31.9 Å². The lowest BCUT2D eigenvalue weighted by Crippen LogP contribution is -2.03. The summed E-state index contributed by atoms with van der Waals surface area (Å²) in [7, 11) is 0. The van der Waals surface area contributed by atoms with Gasteiger partial charge in [0.2, 0.25) is 0 Å². The van der Waals surface area contributed by atoms with E-state index in [1.54, 1.807) is 0 Å². The second kappa shape index (κ2) is 5.80. The van der Waals surface area contributed by atoms with Gasteiger partial charge in [-0.1, -0.05) is 34.1 Å². The molecule has 0 heterocycles. The zero-order valence-electron chi connectivity index (χ0n) is 9.18. The molecule has 0 unspecified atom stereocenters. The lowest BCUT2D eigenvalue weighted by atomic mass is 10.2. The largest absolute Gasteiger partial charge is 0.378 e. The first-order valence-corrected chi connectivity index (χ1v) is 6.78. The van der Waals surface area contributed by atoms with Crippen LogP contribution in [0.2, 0.25) is 0 Å². The molecule has 0 bridgehead atoms. The van der Waals surface area contributed by atoms with Gasteiger partial charge in [-0.2, -0.15) is 0 Å². The van der Waals surface area contributed by atoms with Gasteiger partial charge in [0.15, 0.2) is 0 Å². The van der Waals surface area contributed by atoms with Gasteiger partial charge < -0.3 is 5.32 Å². The highest BCUT2D eigenvalue weighted by atomic mass is 79.9. The van der Waals surface area contributed by atoms with Crippen molar-refractivity contribution < 1.29 is 8.78 Å². The average molecular weight is 377 g/mol. The van der Waals surface area contributed by atoms with E-state index in [2.05, 4.69) is 37.2 Å². The summed E-state index contributed by atoms with van der Waals surface area (Å²) in [6.07, 6.45) is 0. The van der Waals surface area contributed by atoms with E-state index in [9.17, 15) is 8.78 Å². The van der Waals surface area contributed by atoms with E-state index in [0.717, 1.165) is 16.1 Å². The maximum atomic E-state index is 13.6. The molecule has 0 aliphatic rings.